The highest BCUT2D eigenvalue weighted by atomic mass is 16.5. The van der Waals surface area contributed by atoms with E-state index in [2.05, 4.69) is 37.4 Å². The zero-order valence-corrected chi connectivity index (χ0v) is 11.9. The summed E-state index contributed by atoms with van der Waals surface area (Å²) < 4.78 is 6.03. The molecule has 1 aromatic carbocycles. The van der Waals surface area contributed by atoms with Gasteiger partial charge in [0.15, 0.2) is 0 Å². The largest absolute Gasteiger partial charge is 0.490 e. The second kappa shape index (κ2) is 5.63. The van der Waals surface area contributed by atoms with Crippen LogP contribution in [0.4, 0.5) is 0 Å². The van der Waals surface area contributed by atoms with Crippen LogP contribution in [-0.2, 0) is 0 Å². The first-order valence-corrected chi connectivity index (χ1v) is 6.95. The van der Waals surface area contributed by atoms with E-state index in [1.54, 1.807) is 0 Å². The van der Waals surface area contributed by atoms with Crippen molar-refractivity contribution >= 4 is 0 Å². The standard InChI is InChI=1S/C16H22N2O/c1-12(2)13-5-4-6-14(9-13)19-15-7-8-16(10-15,11-17)18-3/h4-6,9,12,15,18H,7-8,10H2,1-3H3. The topological polar surface area (TPSA) is 45.0 Å². The molecule has 2 rings (SSSR count). The Bertz CT molecular complexity index is 478. The number of nitriles is 1. The Balaban J connectivity index is 2.03. The molecule has 0 spiro atoms. The lowest BCUT2D eigenvalue weighted by Gasteiger charge is -2.20. The van der Waals surface area contributed by atoms with Gasteiger partial charge in [-0.25, -0.2) is 0 Å². The monoisotopic (exact) mass is 258 g/mol. The summed E-state index contributed by atoms with van der Waals surface area (Å²) in [6.07, 6.45) is 2.68. The van der Waals surface area contributed by atoms with Crippen molar-refractivity contribution in [1.29, 1.82) is 5.26 Å². The molecule has 3 nitrogen and oxygen atoms in total. The van der Waals surface area contributed by atoms with Crippen molar-refractivity contribution in [1.82, 2.24) is 5.32 Å². The lowest BCUT2D eigenvalue weighted by molar-refractivity contribution is 0.202. The Morgan fingerprint density at radius 3 is 2.84 bits per heavy atom. The Kier molecular flexibility index (Phi) is 4.11. The summed E-state index contributed by atoms with van der Waals surface area (Å²) in [5.74, 6) is 1.42. The minimum atomic E-state index is -0.402. The molecule has 0 aliphatic heterocycles. The molecule has 2 atom stereocenters. The highest BCUT2D eigenvalue weighted by Crippen LogP contribution is 2.32. The van der Waals surface area contributed by atoms with E-state index in [1.165, 1.54) is 5.56 Å². The van der Waals surface area contributed by atoms with Gasteiger partial charge in [-0.15, -0.1) is 0 Å². The molecular weight excluding hydrogens is 236 g/mol. The molecule has 0 aromatic heterocycles. The van der Waals surface area contributed by atoms with E-state index in [-0.39, 0.29) is 6.10 Å². The molecule has 0 amide bonds. The van der Waals surface area contributed by atoms with Crippen LogP contribution in [0.5, 0.6) is 5.75 Å². The van der Waals surface area contributed by atoms with E-state index in [1.807, 2.05) is 19.2 Å². The smallest absolute Gasteiger partial charge is 0.120 e. The van der Waals surface area contributed by atoms with E-state index in [0.717, 1.165) is 25.0 Å². The second-order valence-electron chi connectivity index (χ2n) is 5.65. The molecule has 2 unspecified atom stereocenters. The van der Waals surface area contributed by atoms with Crippen molar-refractivity contribution in [2.45, 2.75) is 50.7 Å². The van der Waals surface area contributed by atoms with E-state index in [0.29, 0.717) is 5.92 Å². The minimum Gasteiger partial charge on any atom is -0.490 e. The van der Waals surface area contributed by atoms with E-state index in [9.17, 15) is 5.26 Å². The first-order chi connectivity index (χ1) is 9.08. The number of rotatable bonds is 4. The van der Waals surface area contributed by atoms with E-state index >= 15 is 0 Å². The number of nitrogens with one attached hydrogen (secondary N) is 1. The predicted octanol–water partition coefficient (Wildman–Crippen LogP) is 3.22. The fourth-order valence-electron chi connectivity index (χ4n) is 2.62. The van der Waals surface area contributed by atoms with Gasteiger partial charge >= 0.3 is 0 Å². The second-order valence-corrected chi connectivity index (χ2v) is 5.65. The molecule has 0 radical (unpaired) electrons. The van der Waals surface area contributed by atoms with Gasteiger partial charge in [-0.1, -0.05) is 26.0 Å². The molecule has 1 aliphatic rings. The van der Waals surface area contributed by atoms with Crippen LogP contribution in [0.2, 0.25) is 0 Å². The summed E-state index contributed by atoms with van der Waals surface area (Å²) in [6, 6.07) is 10.6. The van der Waals surface area contributed by atoms with Crippen LogP contribution in [0.25, 0.3) is 0 Å². The number of hydrogen-bond acceptors (Lipinski definition) is 3. The molecule has 1 N–H and O–H groups in total. The summed E-state index contributed by atoms with van der Waals surface area (Å²) >= 11 is 0. The summed E-state index contributed by atoms with van der Waals surface area (Å²) in [7, 11) is 1.85. The molecule has 1 fully saturated rings. The van der Waals surface area contributed by atoms with Crippen LogP contribution < -0.4 is 10.1 Å². The first kappa shape index (κ1) is 13.9. The maximum Gasteiger partial charge on any atom is 0.120 e. The molecule has 102 valence electrons. The van der Waals surface area contributed by atoms with Crippen molar-refractivity contribution in [2.24, 2.45) is 0 Å². The lowest BCUT2D eigenvalue weighted by atomic mass is 10.0. The molecule has 19 heavy (non-hydrogen) atoms. The molecule has 1 saturated carbocycles. The van der Waals surface area contributed by atoms with Crippen molar-refractivity contribution in [3.8, 4) is 11.8 Å². The van der Waals surface area contributed by atoms with Crippen molar-refractivity contribution in [3.05, 3.63) is 29.8 Å². The summed E-state index contributed by atoms with van der Waals surface area (Å²) in [5, 5.41) is 12.4. The average Bonchev–Trinajstić information content (AvgIpc) is 2.83. The Labute approximate surface area is 115 Å². The Hall–Kier alpha value is -1.53. The third-order valence-corrected chi connectivity index (χ3v) is 3.99. The van der Waals surface area contributed by atoms with Gasteiger partial charge < -0.3 is 10.1 Å². The molecule has 1 aromatic rings. The Morgan fingerprint density at radius 1 is 1.47 bits per heavy atom. The maximum atomic E-state index is 9.25. The first-order valence-electron chi connectivity index (χ1n) is 6.95. The zero-order valence-electron chi connectivity index (χ0n) is 11.9. The van der Waals surface area contributed by atoms with Crippen LogP contribution >= 0.6 is 0 Å². The quantitative estimate of drug-likeness (QED) is 0.902. The molecule has 0 bridgehead atoms. The van der Waals surface area contributed by atoms with Gasteiger partial charge in [0.2, 0.25) is 0 Å². The number of nitrogens with zero attached hydrogens (tertiary/aromatic N) is 1. The number of ether oxygens (including phenoxy) is 1. The van der Waals surface area contributed by atoms with Crippen LogP contribution in [-0.4, -0.2) is 18.7 Å². The molecular formula is C16H22N2O. The van der Waals surface area contributed by atoms with Gasteiger partial charge in [0.05, 0.1) is 6.07 Å². The van der Waals surface area contributed by atoms with Crippen molar-refractivity contribution in [2.75, 3.05) is 7.05 Å². The van der Waals surface area contributed by atoms with Crippen molar-refractivity contribution < 1.29 is 4.74 Å². The summed E-state index contributed by atoms with van der Waals surface area (Å²) in [5.41, 5.74) is 0.885. The van der Waals surface area contributed by atoms with Gasteiger partial charge in [0.1, 0.15) is 17.4 Å². The van der Waals surface area contributed by atoms with Gasteiger partial charge in [-0.2, -0.15) is 5.26 Å². The fraction of sp³-hybridized carbons (Fsp3) is 0.562. The highest BCUT2D eigenvalue weighted by molar-refractivity contribution is 5.30. The van der Waals surface area contributed by atoms with Crippen LogP contribution in [0, 0.1) is 11.3 Å². The normalized spacial score (nSPS) is 26.4. The van der Waals surface area contributed by atoms with Crippen LogP contribution in [0.3, 0.4) is 0 Å². The Morgan fingerprint density at radius 2 is 2.26 bits per heavy atom. The number of hydrogen-bond donors (Lipinski definition) is 1. The van der Waals surface area contributed by atoms with E-state index < -0.39 is 5.54 Å². The SMILES string of the molecule is CNC1(C#N)CCC(Oc2cccc(C(C)C)c2)C1. The molecule has 0 heterocycles. The van der Waals surface area contributed by atoms with Gasteiger partial charge in [-0.05, 0) is 43.5 Å². The average molecular weight is 258 g/mol. The third kappa shape index (κ3) is 3.08. The lowest BCUT2D eigenvalue weighted by Crippen LogP contribution is -2.39. The minimum absolute atomic E-state index is 0.134. The molecule has 3 heteroatoms. The van der Waals surface area contributed by atoms with E-state index in [4.69, 9.17) is 4.74 Å². The molecule has 1 aliphatic carbocycles. The fourth-order valence-corrected chi connectivity index (χ4v) is 2.62. The molecule has 0 saturated heterocycles. The van der Waals surface area contributed by atoms with Crippen molar-refractivity contribution in [3.63, 3.8) is 0 Å². The van der Waals surface area contributed by atoms with Gasteiger partial charge in [0.25, 0.3) is 0 Å². The predicted molar refractivity (Wildman–Crippen MR) is 76.2 cm³/mol. The summed E-state index contributed by atoms with van der Waals surface area (Å²) in [6.45, 7) is 4.35. The van der Waals surface area contributed by atoms with Crippen LogP contribution in [0.15, 0.2) is 24.3 Å². The number of benzene rings is 1. The maximum absolute atomic E-state index is 9.25. The third-order valence-electron chi connectivity index (χ3n) is 3.99. The van der Waals surface area contributed by atoms with Gasteiger partial charge in [0, 0.05) is 6.42 Å². The summed E-state index contributed by atoms with van der Waals surface area (Å²) in [4.78, 5) is 0. The zero-order chi connectivity index (χ0) is 13.9. The van der Waals surface area contributed by atoms with Gasteiger partial charge in [-0.3, -0.25) is 0 Å². The highest BCUT2D eigenvalue weighted by Gasteiger charge is 2.39. The van der Waals surface area contributed by atoms with Crippen LogP contribution in [0.1, 0.15) is 44.6 Å².